The lowest BCUT2D eigenvalue weighted by Crippen LogP contribution is -2.25. The first-order valence-corrected chi connectivity index (χ1v) is 9.10. The summed E-state index contributed by atoms with van der Waals surface area (Å²) >= 11 is 6.68. The highest BCUT2D eigenvalue weighted by molar-refractivity contribution is 9.10. The van der Waals surface area contributed by atoms with E-state index in [9.17, 15) is 14.7 Å². The zero-order chi connectivity index (χ0) is 18.8. The molecule has 1 aromatic heterocycles. The predicted octanol–water partition coefficient (Wildman–Crippen LogP) is 4.02. The number of nitrogens with one attached hydrogen (secondary N) is 1. The number of carbonyl (C=O) groups is 1. The Kier molecular flexibility index (Phi) is 5.24. The molecule has 132 valence electrons. The Bertz CT molecular complexity index is 1050. The van der Waals surface area contributed by atoms with Crippen LogP contribution in [-0.2, 0) is 0 Å². The largest absolute Gasteiger partial charge is 0.505 e. The zero-order valence-corrected chi connectivity index (χ0v) is 16.7. The summed E-state index contributed by atoms with van der Waals surface area (Å²) in [4.78, 5) is 24.7. The van der Waals surface area contributed by atoms with E-state index >= 15 is 0 Å². The van der Waals surface area contributed by atoms with E-state index in [0.717, 1.165) is 25.3 Å². The van der Waals surface area contributed by atoms with Crippen molar-refractivity contribution < 1.29 is 9.90 Å². The van der Waals surface area contributed by atoms with Crippen LogP contribution < -0.4 is 10.9 Å². The van der Waals surface area contributed by atoms with Crippen molar-refractivity contribution >= 4 is 43.5 Å². The predicted molar refractivity (Wildman–Crippen MR) is 106 cm³/mol. The van der Waals surface area contributed by atoms with E-state index in [0.29, 0.717) is 11.4 Å². The fourth-order valence-corrected chi connectivity index (χ4v) is 3.06. The van der Waals surface area contributed by atoms with Gasteiger partial charge in [-0.15, -0.1) is 0 Å². The van der Waals surface area contributed by atoms with Gasteiger partial charge < -0.3 is 10.4 Å². The molecule has 3 rings (SSSR count). The second-order valence-electron chi connectivity index (χ2n) is 5.52. The minimum Gasteiger partial charge on any atom is -0.505 e. The standard InChI is InChI=1S/C18H13Br2N3O3/c1-10-8-12(20)4-7-14(10)21-18(26)17-15(24)9-16(25)23(22-17)13-5-2-11(19)3-6-13/h2-9,24H,1H3,(H,21,26). The summed E-state index contributed by atoms with van der Waals surface area (Å²) < 4.78 is 2.80. The Morgan fingerprint density at radius 3 is 2.38 bits per heavy atom. The Balaban J connectivity index is 1.99. The number of aromatic hydroxyl groups is 1. The number of hydrogen-bond acceptors (Lipinski definition) is 4. The smallest absolute Gasteiger partial charge is 0.279 e. The van der Waals surface area contributed by atoms with Crippen LogP contribution in [0.5, 0.6) is 5.75 Å². The SMILES string of the molecule is Cc1cc(Br)ccc1NC(=O)c1nn(-c2ccc(Br)cc2)c(=O)cc1O. The molecule has 0 aliphatic carbocycles. The van der Waals surface area contributed by atoms with Gasteiger partial charge in [-0.25, -0.2) is 0 Å². The molecule has 0 saturated carbocycles. The Morgan fingerprint density at radius 2 is 1.73 bits per heavy atom. The third kappa shape index (κ3) is 3.86. The molecule has 2 aromatic carbocycles. The van der Waals surface area contributed by atoms with Crippen LogP contribution in [0.15, 0.2) is 62.3 Å². The van der Waals surface area contributed by atoms with Crippen molar-refractivity contribution in [3.63, 3.8) is 0 Å². The molecule has 26 heavy (non-hydrogen) atoms. The van der Waals surface area contributed by atoms with Crippen molar-refractivity contribution in [2.75, 3.05) is 5.32 Å². The quantitative estimate of drug-likeness (QED) is 0.595. The van der Waals surface area contributed by atoms with Gasteiger partial charge in [0, 0.05) is 20.7 Å². The number of benzene rings is 2. The molecule has 0 saturated heterocycles. The highest BCUT2D eigenvalue weighted by Gasteiger charge is 2.17. The fraction of sp³-hybridized carbons (Fsp3) is 0.0556. The van der Waals surface area contributed by atoms with Gasteiger partial charge in [-0.2, -0.15) is 9.78 Å². The number of nitrogens with zero attached hydrogens (tertiary/aromatic N) is 2. The highest BCUT2D eigenvalue weighted by Crippen LogP contribution is 2.22. The molecular formula is C18H13Br2N3O3. The third-order valence-electron chi connectivity index (χ3n) is 3.63. The number of amides is 1. The van der Waals surface area contributed by atoms with E-state index in [1.807, 2.05) is 13.0 Å². The molecule has 1 heterocycles. The molecule has 6 nitrogen and oxygen atoms in total. The first-order chi connectivity index (χ1) is 12.3. The summed E-state index contributed by atoms with van der Waals surface area (Å²) in [5.41, 5.74) is 1.12. The van der Waals surface area contributed by atoms with Crippen molar-refractivity contribution in [2.24, 2.45) is 0 Å². The fourth-order valence-electron chi connectivity index (χ4n) is 2.32. The maximum Gasteiger partial charge on any atom is 0.279 e. The summed E-state index contributed by atoms with van der Waals surface area (Å²) in [5, 5.41) is 16.7. The number of rotatable bonds is 3. The Morgan fingerprint density at radius 1 is 1.08 bits per heavy atom. The molecule has 3 aromatic rings. The van der Waals surface area contributed by atoms with E-state index in [1.54, 1.807) is 36.4 Å². The van der Waals surface area contributed by atoms with E-state index < -0.39 is 17.2 Å². The molecule has 0 spiro atoms. The monoisotopic (exact) mass is 477 g/mol. The van der Waals surface area contributed by atoms with Gasteiger partial charge in [0.1, 0.15) is 0 Å². The van der Waals surface area contributed by atoms with Crippen LogP contribution in [0.2, 0.25) is 0 Å². The van der Waals surface area contributed by atoms with E-state index in [-0.39, 0.29) is 5.69 Å². The number of aromatic nitrogens is 2. The second kappa shape index (κ2) is 7.43. The van der Waals surface area contributed by atoms with Gasteiger partial charge in [0.2, 0.25) is 0 Å². The molecule has 0 bridgehead atoms. The maximum atomic E-state index is 12.6. The minimum atomic E-state index is -0.612. The Labute approximate surface area is 165 Å². The average molecular weight is 479 g/mol. The summed E-state index contributed by atoms with van der Waals surface area (Å²) in [6.45, 7) is 1.84. The number of hydrogen-bond donors (Lipinski definition) is 2. The summed E-state index contributed by atoms with van der Waals surface area (Å²) in [5.74, 6) is -1.09. The van der Waals surface area contributed by atoms with Crippen LogP contribution in [-0.4, -0.2) is 20.8 Å². The van der Waals surface area contributed by atoms with Crippen molar-refractivity contribution in [1.82, 2.24) is 9.78 Å². The van der Waals surface area contributed by atoms with E-state index in [4.69, 9.17) is 0 Å². The van der Waals surface area contributed by atoms with Crippen molar-refractivity contribution in [2.45, 2.75) is 6.92 Å². The summed E-state index contributed by atoms with van der Waals surface area (Å²) in [7, 11) is 0. The number of halogens is 2. The molecule has 0 aliphatic heterocycles. The van der Waals surface area contributed by atoms with Gasteiger partial charge in [-0.05, 0) is 55.0 Å². The van der Waals surface area contributed by atoms with Gasteiger partial charge in [-0.1, -0.05) is 31.9 Å². The van der Waals surface area contributed by atoms with Crippen molar-refractivity contribution in [3.05, 3.63) is 79.1 Å². The minimum absolute atomic E-state index is 0.241. The van der Waals surface area contributed by atoms with Crippen LogP contribution in [0, 0.1) is 6.92 Å². The molecule has 1 amide bonds. The van der Waals surface area contributed by atoms with Crippen LogP contribution in [0.4, 0.5) is 5.69 Å². The second-order valence-corrected chi connectivity index (χ2v) is 7.35. The molecule has 0 radical (unpaired) electrons. The average Bonchev–Trinajstić information content (AvgIpc) is 2.58. The lowest BCUT2D eigenvalue weighted by atomic mass is 10.2. The van der Waals surface area contributed by atoms with Crippen LogP contribution in [0.3, 0.4) is 0 Å². The van der Waals surface area contributed by atoms with Gasteiger partial charge in [-0.3, -0.25) is 9.59 Å². The summed E-state index contributed by atoms with van der Waals surface area (Å²) in [6.07, 6.45) is 0. The van der Waals surface area contributed by atoms with Crippen LogP contribution >= 0.6 is 31.9 Å². The van der Waals surface area contributed by atoms with E-state index in [1.165, 1.54) is 0 Å². The van der Waals surface area contributed by atoms with Crippen LogP contribution in [0.1, 0.15) is 16.1 Å². The molecule has 0 atom stereocenters. The van der Waals surface area contributed by atoms with Crippen molar-refractivity contribution in [1.29, 1.82) is 0 Å². The molecular weight excluding hydrogens is 466 g/mol. The van der Waals surface area contributed by atoms with Crippen molar-refractivity contribution in [3.8, 4) is 11.4 Å². The van der Waals surface area contributed by atoms with E-state index in [2.05, 4.69) is 42.3 Å². The third-order valence-corrected chi connectivity index (χ3v) is 4.66. The highest BCUT2D eigenvalue weighted by atomic mass is 79.9. The number of carbonyl (C=O) groups excluding carboxylic acids is 1. The molecule has 0 unspecified atom stereocenters. The summed E-state index contributed by atoms with van der Waals surface area (Å²) in [6, 6.07) is 13.2. The lowest BCUT2D eigenvalue weighted by Gasteiger charge is -2.11. The zero-order valence-electron chi connectivity index (χ0n) is 13.5. The molecule has 8 heteroatoms. The maximum absolute atomic E-state index is 12.6. The molecule has 0 fully saturated rings. The normalized spacial score (nSPS) is 10.6. The topological polar surface area (TPSA) is 84.2 Å². The van der Waals surface area contributed by atoms with Gasteiger partial charge in [0.15, 0.2) is 11.4 Å². The lowest BCUT2D eigenvalue weighted by molar-refractivity contribution is 0.101. The molecule has 0 aliphatic rings. The first-order valence-electron chi connectivity index (χ1n) is 7.52. The number of anilines is 1. The molecule has 2 N–H and O–H groups in total. The van der Waals surface area contributed by atoms with Crippen LogP contribution in [0.25, 0.3) is 5.69 Å². The van der Waals surface area contributed by atoms with Gasteiger partial charge >= 0.3 is 0 Å². The Hall–Kier alpha value is -2.45. The number of aryl methyl sites for hydroxylation is 1. The van der Waals surface area contributed by atoms with Gasteiger partial charge in [0.25, 0.3) is 11.5 Å². The first kappa shape index (κ1) is 18.3. The van der Waals surface area contributed by atoms with Gasteiger partial charge in [0.05, 0.1) is 5.69 Å².